The summed E-state index contributed by atoms with van der Waals surface area (Å²) in [5.74, 6) is 0.740. The lowest BCUT2D eigenvalue weighted by molar-refractivity contribution is 0.440. The first-order valence-corrected chi connectivity index (χ1v) is 6.78. The second-order valence-corrected chi connectivity index (χ2v) is 5.79. The Morgan fingerprint density at radius 2 is 1.65 bits per heavy atom. The van der Waals surface area contributed by atoms with Crippen LogP contribution in [0.5, 0.6) is 11.8 Å². The predicted molar refractivity (Wildman–Crippen MR) is 80.0 cm³/mol. The average molecular weight is 271 g/mol. The van der Waals surface area contributed by atoms with Crippen LogP contribution in [0.25, 0.3) is 0 Å². The highest BCUT2D eigenvalue weighted by atomic mass is 16.5. The highest BCUT2D eigenvalue weighted by Gasteiger charge is 2.13. The summed E-state index contributed by atoms with van der Waals surface area (Å²) in [6.07, 6.45) is 4.28. The summed E-state index contributed by atoms with van der Waals surface area (Å²) in [5.41, 5.74) is 7.91. The SMILES string of the molecule is CC(C)(C)c1ccc(Oc2ncc(CCN)cn2)cc1. The smallest absolute Gasteiger partial charge is 0.321 e. The zero-order chi connectivity index (χ0) is 14.6. The number of nitrogens with two attached hydrogens (primary N) is 1. The molecular weight excluding hydrogens is 250 g/mol. The molecule has 2 aromatic rings. The Balaban J connectivity index is 2.06. The molecule has 1 heterocycles. The second-order valence-electron chi connectivity index (χ2n) is 5.79. The van der Waals surface area contributed by atoms with Gasteiger partial charge < -0.3 is 10.5 Å². The van der Waals surface area contributed by atoms with Gasteiger partial charge in [0.2, 0.25) is 0 Å². The molecule has 106 valence electrons. The molecule has 4 heteroatoms. The summed E-state index contributed by atoms with van der Waals surface area (Å²) in [5, 5.41) is 0. The van der Waals surface area contributed by atoms with Gasteiger partial charge in [-0.1, -0.05) is 32.9 Å². The van der Waals surface area contributed by atoms with Gasteiger partial charge >= 0.3 is 6.01 Å². The lowest BCUT2D eigenvalue weighted by Crippen LogP contribution is -2.10. The molecule has 0 saturated heterocycles. The summed E-state index contributed by atoms with van der Waals surface area (Å²) in [6, 6.07) is 8.38. The lowest BCUT2D eigenvalue weighted by atomic mass is 9.87. The monoisotopic (exact) mass is 271 g/mol. The van der Waals surface area contributed by atoms with Gasteiger partial charge in [0, 0.05) is 12.4 Å². The third-order valence-corrected chi connectivity index (χ3v) is 3.04. The summed E-state index contributed by atoms with van der Waals surface area (Å²) >= 11 is 0. The largest absolute Gasteiger partial charge is 0.424 e. The van der Waals surface area contributed by atoms with Crippen LogP contribution in [-0.4, -0.2) is 16.5 Å². The molecule has 0 saturated carbocycles. The number of aromatic nitrogens is 2. The molecule has 1 aromatic heterocycles. The molecule has 0 radical (unpaired) electrons. The Hall–Kier alpha value is -1.94. The summed E-state index contributed by atoms with van der Waals surface area (Å²) in [4.78, 5) is 8.35. The summed E-state index contributed by atoms with van der Waals surface area (Å²) in [7, 11) is 0. The van der Waals surface area contributed by atoms with Crippen molar-refractivity contribution >= 4 is 0 Å². The molecule has 0 aliphatic heterocycles. The van der Waals surface area contributed by atoms with Gasteiger partial charge in [0.25, 0.3) is 0 Å². The van der Waals surface area contributed by atoms with Crippen molar-refractivity contribution in [3.05, 3.63) is 47.8 Å². The first-order valence-electron chi connectivity index (χ1n) is 6.78. The van der Waals surface area contributed by atoms with E-state index in [0.717, 1.165) is 17.7 Å². The van der Waals surface area contributed by atoms with Crippen molar-refractivity contribution < 1.29 is 4.74 Å². The Labute approximate surface area is 120 Å². The molecule has 2 rings (SSSR count). The van der Waals surface area contributed by atoms with Crippen LogP contribution in [0.1, 0.15) is 31.9 Å². The van der Waals surface area contributed by atoms with Crippen molar-refractivity contribution in [2.24, 2.45) is 5.73 Å². The second kappa shape index (κ2) is 6.01. The van der Waals surface area contributed by atoms with Crippen molar-refractivity contribution in [2.45, 2.75) is 32.6 Å². The zero-order valence-corrected chi connectivity index (χ0v) is 12.3. The Morgan fingerprint density at radius 3 is 2.15 bits per heavy atom. The van der Waals surface area contributed by atoms with E-state index in [1.54, 1.807) is 12.4 Å². The van der Waals surface area contributed by atoms with E-state index in [4.69, 9.17) is 10.5 Å². The molecule has 0 bridgehead atoms. The molecule has 2 N–H and O–H groups in total. The van der Waals surface area contributed by atoms with Crippen molar-refractivity contribution in [2.75, 3.05) is 6.54 Å². The topological polar surface area (TPSA) is 61.0 Å². The van der Waals surface area contributed by atoms with Crippen LogP contribution in [0.3, 0.4) is 0 Å². The Bertz CT molecular complexity index is 541. The minimum Gasteiger partial charge on any atom is -0.424 e. The van der Waals surface area contributed by atoms with E-state index in [9.17, 15) is 0 Å². The maximum absolute atomic E-state index is 5.63. The minimum absolute atomic E-state index is 0.138. The molecule has 20 heavy (non-hydrogen) atoms. The van der Waals surface area contributed by atoms with Gasteiger partial charge in [0.1, 0.15) is 5.75 Å². The quantitative estimate of drug-likeness (QED) is 0.928. The van der Waals surface area contributed by atoms with E-state index in [1.807, 2.05) is 12.1 Å². The molecule has 0 aliphatic carbocycles. The van der Waals surface area contributed by atoms with Crippen LogP contribution in [0.15, 0.2) is 36.7 Å². The average Bonchev–Trinajstić information content (AvgIpc) is 2.41. The number of hydrogen-bond donors (Lipinski definition) is 1. The molecule has 1 aromatic carbocycles. The third kappa shape index (κ3) is 3.78. The highest BCUT2D eigenvalue weighted by Crippen LogP contribution is 2.25. The van der Waals surface area contributed by atoms with Gasteiger partial charge in [-0.25, -0.2) is 9.97 Å². The Kier molecular flexibility index (Phi) is 4.35. The van der Waals surface area contributed by atoms with Crippen molar-refractivity contribution in [3.8, 4) is 11.8 Å². The number of nitrogens with zero attached hydrogens (tertiary/aromatic N) is 2. The van der Waals surface area contributed by atoms with Gasteiger partial charge in [0.15, 0.2) is 0 Å². The number of benzene rings is 1. The predicted octanol–water partition coefficient (Wildman–Crippen LogP) is 3.07. The maximum atomic E-state index is 5.63. The van der Waals surface area contributed by atoms with Crippen LogP contribution in [0, 0.1) is 0 Å². The lowest BCUT2D eigenvalue weighted by Gasteiger charge is -2.18. The van der Waals surface area contributed by atoms with Gasteiger partial charge in [-0.3, -0.25) is 0 Å². The van der Waals surface area contributed by atoms with Gasteiger partial charge in [-0.15, -0.1) is 0 Å². The molecule has 0 unspecified atom stereocenters. The van der Waals surface area contributed by atoms with Crippen LogP contribution >= 0.6 is 0 Å². The summed E-state index contributed by atoms with van der Waals surface area (Å²) in [6.45, 7) is 7.14. The van der Waals surface area contributed by atoms with Crippen LogP contribution in [0.2, 0.25) is 0 Å². The fraction of sp³-hybridized carbons (Fsp3) is 0.375. The van der Waals surface area contributed by atoms with Crippen molar-refractivity contribution in [1.29, 1.82) is 0 Å². The first-order chi connectivity index (χ1) is 9.49. The summed E-state index contributed by atoms with van der Waals surface area (Å²) < 4.78 is 5.63. The Morgan fingerprint density at radius 1 is 1.05 bits per heavy atom. The van der Waals surface area contributed by atoms with Crippen molar-refractivity contribution in [3.63, 3.8) is 0 Å². The number of rotatable bonds is 4. The van der Waals surface area contributed by atoms with E-state index in [0.29, 0.717) is 12.6 Å². The number of hydrogen-bond acceptors (Lipinski definition) is 4. The minimum atomic E-state index is 0.138. The normalized spacial score (nSPS) is 11.4. The molecule has 4 nitrogen and oxygen atoms in total. The van der Waals surface area contributed by atoms with E-state index >= 15 is 0 Å². The fourth-order valence-electron chi connectivity index (χ4n) is 1.82. The molecule has 0 aliphatic rings. The van der Waals surface area contributed by atoms with Gasteiger partial charge in [-0.05, 0) is 41.6 Å². The molecule has 0 amide bonds. The first kappa shape index (κ1) is 14.5. The highest BCUT2D eigenvalue weighted by molar-refractivity contribution is 5.32. The molecular formula is C16H21N3O. The van der Waals surface area contributed by atoms with Gasteiger partial charge in [0.05, 0.1) is 0 Å². The van der Waals surface area contributed by atoms with Crippen LogP contribution in [-0.2, 0) is 11.8 Å². The van der Waals surface area contributed by atoms with Crippen LogP contribution in [0.4, 0.5) is 0 Å². The zero-order valence-electron chi connectivity index (χ0n) is 12.3. The van der Waals surface area contributed by atoms with Crippen molar-refractivity contribution in [1.82, 2.24) is 9.97 Å². The van der Waals surface area contributed by atoms with E-state index in [2.05, 4.69) is 42.9 Å². The molecule has 0 fully saturated rings. The van der Waals surface area contributed by atoms with E-state index in [1.165, 1.54) is 5.56 Å². The van der Waals surface area contributed by atoms with Gasteiger partial charge in [-0.2, -0.15) is 0 Å². The maximum Gasteiger partial charge on any atom is 0.321 e. The number of ether oxygens (including phenoxy) is 1. The molecule has 0 spiro atoms. The van der Waals surface area contributed by atoms with E-state index < -0.39 is 0 Å². The van der Waals surface area contributed by atoms with Crippen LogP contribution < -0.4 is 10.5 Å². The standard InChI is InChI=1S/C16H21N3O/c1-16(2,3)13-4-6-14(7-5-13)20-15-18-10-12(8-9-17)11-19-15/h4-7,10-11H,8-9,17H2,1-3H3. The third-order valence-electron chi connectivity index (χ3n) is 3.04. The van der Waals surface area contributed by atoms with E-state index in [-0.39, 0.29) is 5.41 Å². The fourth-order valence-corrected chi connectivity index (χ4v) is 1.82. The molecule has 0 atom stereocenters.